The standard InChI is InChI=1S/C6H10N4OS2/c1-4-7-8-6(12)10(4)9-5(11)3-13-2/h3H2,1-2H3,(H,8,12)(H,9,11). The Morgan fingerprint density at radius 2 is 2.54 bits per heavy atom. The highest BCUT2D eigenvalue weighted by Gasteiger charge is 2.04. The van der Waals surface area contributed by atoms with Crippen LogP contribution >= 0.6 is 24.0 Å². The van der Waals surface area contributed by atoms with Gasteiger partial charge in [0.1, 0.15) is 5.82 Å². The van der Waals surface area contributed by atoms with Crippen molar-refractivity contribution >= 4 is 29.9 Å². The molecule has 1 rings (SSSR count). The summed E-state index contributed by atoms with van der Waals surface area (Å²) in [4.78, 5) is 11.2. The maximum atomic E-state index is 11.2. The average molecular weight is 218 g/mol. The minimum Gasteiger partial charge on any atom is -0.272 e. The van der Waals surface area contributed by atoms with E-state index in [4.69, 9.17) is 12.2 Å². The molecule has 0 aromatic carbocycles. The van der Waals surface area contributed by atoms with Gasteiger partial charge in [-0.15, -0.1) is 0 Å². The van der Waals surface area contributed by atoms with Gasteiger partial charge in [-0.2, -0.15) is 16.9 Å². The molecule has 0 unspecified atom stereocenters. The number of H-pyrrole nitrogens is 1. The summed E-state index contributed by atoms with van der Waals surface area (Å²) in [6, 6.07) is 0. The maximum Gasteiger partial charge on any atom is 0.248 e. The molecule has 0 saturated heterocycles. The second kappa shape index (κ2) is 4.43. The number of carbonyl (C=O) groups excluding carboxylic acids is 1. The molecular formula is C6H10N4OS2. The topological polar surface area (TPSA) is 62.7 Å². The Morgan fingerprint density at radius 3 is 3.00 bits per heavy atom. The lowest BCUT2D eigenvalue weighted by Crippen LogP contribution is -2.25. The first kappa shape index (κ1) is 10.3. The first-order valence-corrected chi connectivity index (χ1v) is 5.38. The molecule has 0 aliphatic carbocycles. The van der Waals surface area contributed by atoms with Crippen molar-refractivity contribution in [2.24, 2.45) is 0 Å². The van der Waals surface area contributed by atoms with Crippen molar-refractivity contribution < 1.29 is 4.79 Å². The first-order chi connectivity index (χ1) is 6.15. The zero-order chi connectivity index (χ0) is 9.84. The Hall–Kier alpha value is -0.820. The van der Waals surface area contributed by atoms with Gasteiger partial charge in [0.25, 0.3) is 0 Å². The molecule has 0 radical (unpaired) electrons. The van der Waals surface area contributed by atoms with E-state index >= 15 is 0 Å². The molecule has 1 aromatic heterocycles. The molecule has 1 heterocycles. The van der Waals surface area contributed by atoms with Crippen LogP contribution in [0.5, 0.6) is 0 Å². The van der Waals surface area contributed by atoms with E-state index in [0.29, 0.717) is 16.3 Å². The third-order valence-electron chi connectivity index (χ3n) is 1.35. The smallest absolute Gasteiger partial charge is 0.248 e. The Labute approximate surface area is 84.9 Å². The van der Waals surface area contributed by atoms with Gasteiger partial charge in [-0.3, -0.25) is 15.3 Å². The van der Waals surface area contributed by atoms with Gasteiger partial charge in [0.15, 0.2) is 0 Å². The number of aryl methyl sites for hydroxylation is 1. The SMILES string of the molecule is CSCC(=O)Nn1c(C)n[nH]c1=S. The van der Waals surface area contributed by atoms with Crippen molar-refractivity contribution in [3.05, 3.63) is 10.6 Å². The van der Waals surface area contributed by atoms with Gasteiger partial charge in [-0.1, -0.05) is 0 Å². The van der Waals surface area contributed by atoms with Crippen LogP contribution in [0, 0.1) is 11.7 Å². The number of nitrogens with zero attached hydrogens (tertiary/aromatic N) is 2. The quantitative estimate of drug-likeness (QED) is 0.732. The fourth-order valence-electron chi connectivity index (χ4n) is 0.795. The van der Waals surface area contributed by atoms with Crippen molar-refractivity contribution in [1.82, 2.24) is 14.9 Å². The summed E-state index contributed by atoms with van der Waals surface area (Å²) >= 11 is 6.35. The lowest BCUT2D eigenvalue weighted by atomic mass is 10.7. The molecule has 0 aliphatic heterocycles. The molecular weight excluding hydrogens is 208 g/mol. The third kappa shape index (κ3) is 2.56. The number of nitrogens with one attached hydrogen (secondary N) is 2. The molecule has 0 bridgehead atoms. The fraction of sp³-hybridized carbons (Fsp3) is 0.500. The maximum absolute atomic E-state index is 11.2. The van der Waals surface area contributed by atoms with E-state index in [0.717, 1.165) is 0 Å². The minimum absolute atomic E-state index is 0.0897. The van der Waals surface area contributed by atoms with Gasteiger partial charge >= 0.3 is 0 Å². The summed E-state index contributed by atoms with van der Waals surface area (Å²) in [5.74, 6) is 0.958. The van der Waals surface area contributed by atoms with Crippen LogP contribution in [0.4, 0.5) is 0 Å². The van der Waals surface area contributed by atoms with Gasteiger partial charge in [0.05, 0.1) is 5.75 Å². The van der Waals surface area contributed by atoms with Crippen LogP contribution in [-0.2, 0) is 4.79 Å². The van der Waals surface area contributed by atoms with Gasteiger partial charge in [0.2, 0.25) is 10.7 Å². The molecule has 5 nitrogen and oxygen atoms in total. The van der Waals surface area contributed by atoms with Crippen LogP contribution in [0.3, 0.4) is 0 Å². The van der Waals surface area contributed by atoms with Gasteiger partial charge in [-0.25, -0.2) is 4.68 Å². The number of hydrogen-bond acceptors (Lipinski definition) is 4. The molecule has 13 heavy (non-hydrogen) atoms. The highest BCUT2D eigenvalue weighted by Crippen LogP contribution is 1.94. The van der Waals surface area contributed by atoms with Gasteiger partial charge < -0.3 is 0 Å². The number of hydrogen-bond donors (Lipinski definition) is 2. The van der Waals surface area contributed by atoms with E-state index in [1.165, 1.54) is 16.4 Å². The zero-order valence-corrected chi connectivity index (χ0v) is 8.96. The predicted octanol–water partition coefficient (Wildman–Crippen LogP) is 0.682. The normalized spacial score (nSPS) is 10.0. The number of amides is 1. The molecule has 0 saturated carbocycles. The average Bonchev–Trinajstić information content (AvgIpc) is 2.36. The summed E-state index contributed by atoms with van der Waals surface area (Å²) in [6.07, 6.45) is 1.86. The Balaban J connectivity index is 2.74. The molecule has 72 valence electrons. The molecule has 7 heteroatoms. The second-order valence-electron chi connectivity index (χ2n) is 2.38. The number of rotatable bonds is 3. The van der Waals surface area contributed by atoms with E-state index in [1.807, 2.05) is 6.26 Å². The van der Waals surface area contributed by atoms with Crippen LogP contribution in [-0.4, -0.2) is 32.8 Å². The Morgan fingerprint density at radius 1 is 1.85 bits per heavy atom. The van der Waals surface area contributed by atoms with Crippen molar-refractivity contribution in [2.75, 3.05) is 17.4 Å². The summed E-state index contributed by atoms with van der Waals surface area (Å²) in [7, 11) is 0. The van der Waals surface area contributed by atoms with Crippen molar-refractivity contribution in [3.8, 4) is 0 Å². The van der Waals surface area contributed by atoms with E-state index in [9.17, 15) is 4.79 Å². The summed E-state index contributed by atoms with van der Waals surface area (Å²) in [5, 5.41) is 6.43. The van der Waals surface area contributed by atoms with E-state index in [2.05, 4.69) is 15.6 Å². The molecule has 1 amide bonds. The number of carbonyl (C=O) groups is 1. The van der Waals surface area contributed by atoms with E-state index in [-0.39, 0.29) is 5.91 Å². The van der Waals surface area contributed by atoms with Crippen molar-refractivity contribution in [3.63, 3.8) is 0 Å². The van der Waals surface area contributed by atoms with E-state index < -0.39 is 0 Å². The summed E-state index contributed by atoms with van der Waals surface area (Å²) in [6.45, 7) is 1.76. The highest BCUT2D eigenvalue weighted by molar-refractivity contribution is 7.99. The third-order valence-corrected chi connectivity index (χ3v) is 2.18. The van der Waals surface area contributed by atoms with Crippen molar-refractivity contribution in [1.29, 1.82) is 0 Å². The summed E-state index contributed by atoms with van der Waals surface area (Å²) in [5.41, 5.74) is 2.62. The molecule has 0 fully saturated rings. The number of aromatic nitrogens is 3. The van der Waals surface area contributed by atoms with Crippen LogP contribution in [0.2, 0.25) is 0 Å². The monoisotopic (exact) mass is 218 g/mol. The molecule has 0 spiro atoms. The van der Waals surface area contributed by atoms with Crippen LogP contribution in [0.25, 0.3) is 0 Å². The minimum atomic E-state index is -0.0897. The van der Waals surface area contributed by atoms with Crippen LogP contribution in [0.1, 0.15) is 5.82 Å². The Kier molecular flexibility index (Phi) is 3.49. The zero-order valence-electron chi connectivity index (χ0n) is 7.33. The van der Waals surface area contributed by atoms with Crippen molar-refractivity contribution in [2.45, 2.75) is 6.92 Å². The lowest BCUT2D eigenvalue weighted by Gasteiger charge is -2.04. The molecule has 0 atom stereocenters. The lowest BCUT2D eigenvalue weighted by molar-refractivity contribution is -0.114. The molecule has 1 aromatic rings. The molecule has 0 aliphatic rings. The Bertz CT molecular complexity index is 356. The number of aromatic amines is 1. The molecule has 2 N–H and O–H groups in total. The first-order valence-electron chi connectivity index (χ1n) is 3.58. The summed E-state index contributed by atoms with van der Waals surface area (Å²) < 4.78 is 1.85. The highest BCUT2D eigenvalue weighted by atomic mass is 32.2. The fourth-order valence-corrected chi connectivity index (χ4v) is 1.35. The largest absolute Gasteiger partial charge is 0.272 e. The van der Waals surface area contributed by atoms with Crippen LogP contribution in [0.15, 0.2) is 0 Å². The predicted molar refractivity (Wildman–Crippen MR) is 54.9 cm³/mol. The van der Waals surface area contributed by atoms with Gasteiger partial charge in [-0.05, 0) is 25.4 Å². The second-order valence-corrected chi connectivity index (χ2v) is 3.63. The van der Waals surface area contributed by atoms with Gasteiger partial charge in [0, 0.05) is 0 Å². The number of thioether (sulfide) groups is 1. The van der Waals surface area contributed by atoms with E-state index in [1.54, 1.807) is 6.92 Å². The van der Waals surface area contributed by atoms with Crippen LogP contribution < -0.4 is 5.43 Å².